The molecule has 0 aliphatic heterocycles. The van der Waals surface area contributed by atoms with Crippen molar-refractivity contribution < 1.29 is 14.3 Å². The lowest BCUT2D eigenvalue weighted by atomic mass is 10.4. The van der Waals surface area contributed by atoms with Gasteiger partial charge in [0.25, 0.3) is 0 Å². The van der Waals surface area contributed by atoms with E-state index in [2.05, 4.69) is 0 Å². The monoisotopic (exact) mass is 217 g/mol. The van der Waals surface area contributed by atoms with Crippen LogP contribution in [0.1, 0.15) is 34.1 Å². The van der Waals surface area contributed by atoms with Crippen LogP contribution in [0.15, 0.2) is 0 Å². The first kappa shape index (κ1) is 14.2. The van der Waals surface area contributed by atoms with Crippen LogP contribution in [0.3, 0.4) is 0 Å². The molecule has 0 aliphatic carbocycles. The molecule has 1 amide bonds. The fraction of sp³-hybridized carbons (Fsp3) is 0.909. The van der Waals surface area contributed by atoms with Crippen LogP contribution in [0.2, 0.25) is 0 Å². The van der Waals surface area contributed by atoms with Crippen molar-refractivity contribution in [3.05, 3.63) is 0 Å². The van der Waals surface area contributed by atoms with Crippen LogP contribution < -0.4 is 0 Å². The molecule has 0 unspecified atom stereocenters. The molecule has 0 saturated carbocycles. The third-order valence-corrected chi connectivity index (χ3v) is 2.03. The molecule has 0 aromatic rings. The predicted molar refractivity (Wildman–Crippen MR) is 60.0 cm³/mol. The van der Waals surface area contributed by atoms with Crippen LogP contribution in [0.4, 0.5) is 4.79 Å². The van der Waals surface area contributed by atoms with E-state index in [4.69, 9.17) is 9.47 Å². The maximum atomic E-state index is 11.3. The van der Waals surface area contributed by atoms with Gasteiger partial charge in [-0.2, -0.15) is 0 Å². The highest BCUT2D eigenvalue weighted by atomic mass is 16.6. The van der Waals surface area contributed by atoms with E-state index in [1.54, 1.807) is 11.9 Å². The highest BCUT2D eigenvalue weighted by Crippen LogP contribution is 1.98. The Morgan fingerprint density at radius 2 is 1.80 bits per heavy atom. The minimum absolute atomic E-state index is 0.171. The first-order valence-corrected chi connectivity index (χ1v) is 5.46. The molecule has 90 valence electrons. The molecule has 0 spiro atoms. The Hall–Kier alpha value is -0.770. The lowest BCUT2D eigenvalue weighted by Gasteiger charge is -2.20. The number of carbonyl (C=O) groups excluding carboxylic acids is 1. The fourth-order valence-electron chi connectivity index (χ4n) is 0.850. The van der Waals surface area contributed by atoms with Gasteiger partial charge in [-0.05, 0) is 27.7 Å². The van der Waals surface area contributed by atoms with Gasteiger partial charge in [0.2, 0.25) is 0 Å². The van der Waals surface area contributed by atoms with E-state index >= 15 is 0 Å². The van der Waals surface area contributed by atoms with Gasteiger partial charge in [0, 0.05) is 19.5 Å². The molecule has 0 atom stereocenters. The van der Waals surface area contributed by atoms with Crippen LogP contribution in [-0.2, 0) is 9.47 Å². The van der Waals surface area contributed by atoms with E-state index in [9.17, 15) is 4.79 Å². The first-order chi connectivity index (χ1) is 6.95. The van der Waals surface area contributed by atoms with Crippen molar-refractivity contribution in [3.8, 4) is 0 Å². The Morgan fingerprint density at radius 3 is 2.27 bits per heavy atom. The van der Waals surface area contributed by atoms with Crippen molar-refractivity contribution >= 4 is 6.09 Å². The minimum atomic E-state index is -0.269. The van der Waals surface area contributed by atoms with Gasteiger partial charge in [-0.15, -0.1) is 0 Å². The third-order valence-electron chi connectivity index (χ3n) is 2.03. The van der Waals surface area contributed by atoms with Crippen molar-refractivity contribution in [1.82, 2.24) is 4.90 Å². The quantitative estimate of drug-likeness (QED) is 0.641. The molecule has 0 bridgehead atoms. The van der Waals surface area contributed by atoms with Crippen LogP contribution in [0.5, 0.6) is 0 Å². The maximum Gasteiger partial charge on any atom is 0.409 e. The summed E-state index contributed by atoms with van der Waals surface area (Å²) < 4.78 is 10.4. The highest BCUT2D eigenvalue weighted by molar-refractivity contribution is 5.67. The number of amides is 1. The molecule has 0 rings (SSSR count). The second-order valence-corrected chi connectivity index (χ2v) is 4.09. The van der Waals surface area contributed by atoms with Crippen LogP contribution in [0.25, 0.3) is 0 Å². The standard InChI is InChI=1S/C11H23NO3/c1-9(2)12(5)11(13)15-8-6-7-14-10(3)4/h9-10H,6-8H2,1-5H3. The number of hydrogen-bond acceptors (Lipinski definition) is 3. The third kappa shape index (κ3) is 7.19. The Morgan fingerprint density at radius 1 is 1.20 bits per heavy atom. The largest absolute Gasteiger partial charge is 0.449 e. The highest BCUT2D eigenvalue weighted by Gasteiger charge is 2.12. The Kier molecular flexibility index (Phi) is 7.13. The van der Waals surface area contributed by atoms with E-state index in [0.717, 1.165) is 6.42 Å². The number of nitrogens with zero attached hydrogens (tertiary/aromatic N) is 1. The molecular formula is C11H23NO3. The van der Waals surface area contributed by atoms with Crippen LogP contribution in [-0.4, -0.2) is 43.4 Å². The zero-order valence-corrected chi connectivity index (χ0v) is 10.4. The summed E-state index contributed by atoms with van der Waals surface area (Å²) in [4.78, 5) is 12.9. The van der Waals surface area contributed by atoms with Gasteiger partial charge >= 0.3 is 6.09 Å². The Balaban J connectivity index is 3.47. The van der Waals surface area contributed by atoms with Crippen molar-refractivity contribution in [3.63, 3.8) is 0 Å². The minimum Gasteiger partial charge on any atom is -0.449 e. The van der Waals surface area contributed by atoms with Gasteiger partial charge in [0.05, 0.1) is 19.3 Å². The van der Waals surface area contributed by atoms with Gasteiger partial charge < -0.3 is 14.4 Å². The van der Waals surface area contributed by atoms with Gasteiger partial charge in [-0.3, -0.25) is 0 Å². The molecule has 0 saturated heterocycles. The molecule has 0 aromatic carbocycles. The van der Waals surface area contributed by atoms with E-state index in [0.29, 0.717) is 13.2 Å². The second kappa shape index (κ2) is 7.51. The Bertz CT molecular complexity index is 181. The molecule has 0 radical (unpaired) electrons. The average molecular weight is 217 g/mol. The molecule has 0 aromatic heterocycles. The molecule has 0 heterocycles. The topological polar surface area (TPSA) is 38.8 Å². The van der Waals surface area contributed by atoms with E-state index < -0.39 is 0 Å². The molecule has 15 heavy (non-hydrogen) atoms. The van der Waals surface area contributed by atoms with Crippen LogP contribution >= 0.6 is 0 Å². The first-order valence-electron chi connectivity index (χ1n) is 5.46. The van der Waals surface area contributed by atoms with Crippen molar-refractivity contribution in [2.75, 3.05) is 20.3 Å². The van der Waals surface area contributed by atoms with Crippen molar-refractivity contribution in [2.24, 2.45) is 0 Å². The van der Waals surface area contributed by atoms with Crippen LogP contribution in [0, 0.1) is 0 Å². The summed E-state index contributed by atoms with van der Waals surface area (Å²) in [6.07, 6.45) is 0.712. The smallest absolute Gasteiger partial charge is 0.409 e. The number of rotatable bonds is 6. The predicted octanol–water partition coefficient (Wildman–Crippen LogP) is 2.28. The molecule has 0 aliphatic rings. The molecular weight excluding hydrogens is 194 g/mol. The summed E-state index contributed by atoms with van der Waals surface area (Å²) in [5, 5.41) is 0. The van der Waals surface area contributed by atoms with Gasteiger partial charge in [-0.25, -0.2) is 4.79 Å². The molecule has 0 N–H and O–H groups in total. The lowest BCUT2D eigenvalue weighted by Crippen LogP contribution is -2.33. The van der Waals surface area contributed by atoms with E-state index in [1.807, 2.05) is 27.7 Å². The number of carbonyl (C=O) groups is 1. The summed E-state index contributed by atoms with van der Waals surface area (Å²) in [5.41, 5.74) is 0. The van der Waals surface area contributed by atoms with E-state index in [1.165, 1.54) is 0 Å². The molecule has 4 heteroatoms. The molecule has 0 fully saturated rings. The Labute approximate surface area is 92.5 Å². The zero-order valence-electron chi connectivity index (χ0n) is 10.4. The van der Waals surface area contributed by atoms with Gasteiger partial charge in [-0.1, -0.05) is 0 Å². The fourth-order valence-corrected chi connectivity index (χ4v) is 0.850. The van der Waals surface area contributed by atoms with Crippen molar-refractivity contribution in [1.29, 1.82) is 0 Å². The summed E-state index contributed by atoms with van der Waals surface area (Å²) in [6, 6.07) is 0.171. The van der Waals surface area contributed by atoms with E-state index in [-0.39, 0.29) is 18.2 Å². The summed E-state index contributed by atoms with van der Waals surface area (Å²) in [6.45, 7) is 8.92. The second-order valence-electron chi connectivity index (χ2n) is 4.09. The van der Waals surface area contributed by atoms with Gasteiger partial charge in [0.15, 0.2) is 0 Å². The average Bonchev–Trinajstić information content (AvgIpc) is 2.15. The summed E-state index contributed by atoms with van der Waals surface area (Å²) >= 11 is 0. The summed E-state index contributed by atoms with van der Waals surface area (Å²) in [7, 11) is 1.73. The summed E-state index contributed by atoms with van der Waals surface area (Å²) in [5.74, 6) is 0. The van der Waals surface area contributed by atoms with Gasteiger partial charge in [0.1, 0.15) is 0 Å². The molecule has 4 nitrogen and oxygen atoms in total. The number of ether oxygens (including phenoxy) is 2. The maximum absolute atomic E-state index is 11.3. The normalized spacial score (nSPS) is 10.9. The lowest BCUT2D eigenvalue weighted by molar-refractivity contribution is 0.0551. The SMILES string of the molecule is CC(C)OCCCOC(=O)N(C)C(C)C. The zero-order chi connectivity index (χ0) is 11.8. The number of hydrogen-bond donors (Lipinski definition) is 0. The van der Waals surface area contributed by atoms with Crippen molar-refractivity contribution in [2.45, 2.75) is 46.3 Å².